The number of rotatable bonds is 3. The highest BCUT2D eigenvalue weighted by Crippen LogP contribution is 2.29. The second-order valence-corrected chi connectivity index (χ2v) is 5.43. The lowest BCUT2D eigenvalue weighted by Gasteiger charge is -2.15. The fourth-order valence-electron chi connectivity index (χ4n) is 2.27. The molecule has 23 heavy (non-hydrogen) atoms. The van der Waals surface area contributed by atoms with Gasteiger partial charge in [-0.3, -0.25) is 9.59 Å². The maximum atomic E-state index is 14.1. The first-order valence-corrected chi connectivity index (χ1v) is 7.23. The monoisotopic (exact) mass is 330 g/mol. The average Bonchev–Trinajstić information content (AvgIpc) is 2.83. The second-order valence-electron chi connectivity index (χ2n) is 5.06. The third-order valence-corrected chi connectivity index (χ3v) is 3.94. The minimum atomic E-state index is -0.661. The van der Waals surface area contributed by atoms with E-state index < -0.39 is 17.6 Å². The van der Waals surface area contributed by atoms with Gasteiger partial charge < -0.3 is 5.32 Å². The van der Waals surface area contributed by atoms with Gasteiger partial charge in [0.15, 0.2) is 5.82 Å². The Kier molecular flexibility index (Phi) is 3.88. The molecule has 0 radical (unpaired) electrons. The van der Waals surface area contributed by atoms with Gasteiger partial charge in [-0.1, -0.05) is 35.9 Å². The number of amides is 2. The number of hydrogen-bond acceptors (Lipinski definition) is 3. The number of imide groups is 1. The Morgan fingerprint density at radius 1 is 1.09 bits per heavy atom. The van der Waals surface area contributed by atoms with Crippen LogP contribution in [0, 0.1) is 12.7 Å². The summed E-state index contributed by atoms with van der Waals surface area (Å²) in [6, 6.07) is 11.6. The van der Waals surface area contributed by atoms with Crippen LogP contribution in [-0.2, 0) is 9.59 Å². The molecule has 1 aliphatic rings. The molecule has 2 aromatic carbocycles. The molecular formula is C17H12ClFN2O2. The van der Waals surface area contributed by atoms with Crippen molar-refractivity contribution in [2.45, 2.75) is 6.92 Å². The molecule has 0 saturated carbocycles. The molecule has 1 heterocycles. The van der Waals surface area contributed by atoms with E-state index in [4.69, 9.17) is 11.6 Å². The molecule has 0 spiro atoms. The maximum absolute atomic E-state index is 14.1. The SMILES string of the molecule is Cc1ccc(NC2=CC(=O)N(c3ccccc3)C2=O)c(F)c1Cl. The number of nitrogens with zero attached hydrogens (tertiary/aromatic N) is 1. The van der Waals surface area contributed by atoms with Gasteiger partial charge in [-0.15, -0.1) is 0 Å². The highest BCUT2D eigenvalue weighted by molar-refractivity contribution is 6.32. The largest absolute Gasteiger partial charge is 0.348 e. The standard InChI is InChI=1S/C17H12ClFN2O2/c1-10-7-8-12(16(19)15(10)18)20-13-9-14(22)21(17(13)23)11-5-3-2-4-6-11/h2-9,20H,1H3. The van der Waals surface area contributed by atoms with Crippen molar-refractivity contribution in [2.75, 3.05) is 10.2 Å². The van der Waals surface area contributed by atoms with Crippen molar-refractivity contribution in [1.29, 1.82) is 0 Å². The summed E-state index contributed by atoms with van der Waals surface area (Å²) in [4.78, 5) is 25.5. The van der Waals surface area contributed by atoms with Crippen LogP contribution in [0.2, 0.25) is 5.02 Å². The third-order valence-electron chi connectivity index (χ3n) is 3.48. The zero-order valence-electron chi connectivity index (χ0n) is 12.1. The molecule has 0 saturated heterocycles. The lowest BCUT2D eigenvalue weighted by atomic mass is 10.2. The lowest BCUT2D eigenvalue weighted by Crippen LogP contribution is -2.31. The van der Waals surface area contributed by atoms with Crippen LogP contribution in [0.5, 0.6) is 0 Å². The molecule has 3 rings (SSSR count). The third kappa shape index (κ3) is 2.71. The number of aryl methyl sites for hydroxylation is 1. The van der Waals surface area contributed by atoms with Gasteiger partial charge in [-0.2, -0.15) is 0 Å². The minimum Gasteiger partial charge on any atom is -0.348 e. The van der Waals surface area contributed by atoms with Crippen molar-refractivity contribution >= 4 is 34.8 Å². The van der Waals surface area contributed by atoms with Gasteiger partial charge in [0, 0.05) is 6.08 Å². The van der Waals surface area contributed by atoms with Crippen LogP contribution in [0.1, 0.15) is 5.56 Å². The first kappa shape index (κ1) is 15.2. The van der Waals surface area contributed by atoms with Crippen LogP contribution >= 0.6 is 11.6 Å². The predicted molar refractivity (Wildman–Crippen MR) is 86.8 cm³/mol. The Morgan fingerprint density at radius 2 is 1.78 bits per heavy atom. The van der Waals surface area contributed by atoms with Crippen molar-refractivity contribution in [3.63, 3.8) is 0 Å². The fraction of sp³-hybridized carbons (Fsp3) is 0.0588. The summed E-state index contributed by atoms with van der Waals surface area (Å²) in [5.74, 6) is -1.69. The fourth-order valence-corrected chi connectivity index (χ4v) is 2.43. The zero-order valence-corrected chi connectivity index (χ0v) is 12.9. The summed E-state index contributed by atoms with van der Waals surface area (Å²) in [7, 11) is 0. The van der Waals surface area contributed by atoms with E-state index in [1.165, 1.54) is 6.07 Å². The maximum Gasteiger partial charge on any atom is 0.281 e. The van der Waals surface area contributed by atoms with E-state index in [2.05, 4.69) is 5.32 Å². The summed E-state index contributed by atoms with van der Waals surface area (Å²) in [5.41, 5.74) is 1.09. The van der Waals surface area contributed by atoms with Gasteiger partial charge in [0.05, 0.1) is 16.4 Å². The second kappa shape index (κ2) is 5.85. The molecule has 0 bridgehead atoms. The Labute approximate surface area is 137 Å². The van der Waals surface area contributed by atoms with Crippen molar-refractivity contribution in [3.8, 4) is 0 Å². The van der Waals surface area contributed by atoms with E-state index in [1.54, 1.807) is 43.3 Å². The summed E-state index contributed by atoms with van der Waals surface area (Å²) < 4.78 is 14.1. The Morgan fingerprint density at radius 3 is 2.48 bits per heavy atom. The highest BCUT2D eigenvalue weighted by atomic mass is 35.5. The molecule has 4 nitrogen and oxygen atoms in total. The van der Waals surface area contributed by atoms with Crippen LogP contribution in [0.25, 0.3) is 0 Å². The number of anilines is 2. The number of carbonyl (C=O) groups is 2. The molecule has 1 N–H and O–H groups in total. The topological polar surface area (TPSA) is 49.4 Å². The number of halogens is 2. The van der Waals surface area contributed by atoms with Crippen molar-refractivity contribution in [1.82, 2.24) is 0 Å². The molecule has 0 aromatic heterocycles. The summed E-state index contributed by atoms with van der Waals surface area (Å²) in [6.07, 6.45) is 1.14. The summed E-state index contributed by atoms with van der Waals surface area (Å²) in [6.45, 7) is 1.68. The molecule has 2 amide bonds. The molecular weight excluding hydrogens is 319 g/mol. The number of para-hydroxylation sites is 1. The van der Waals surface area contributed by atoms with Gasteiger partial charge in [0.2, 0.25) is 0 Å². The van der Waals surface area contributed by atoms with Crippen LogP contribution in [0.3, 0.4) is 0 Å². The van der Waals surface area contributed by atoms with Crippen molar-refractivity contribution in [2.24, 2.45) is 0 Å². The van der Waals surface area contributed by atoms with Crippen LogP contribution in [-0.4, -0.2) is 11.8 Å². The number of hydrogen-bond donors (Lipinski definition) is 1. The van der Waals surface area contributed by atoms with Gasteiger partial charge >= 0.3 is 0 Å². The zero-order chi connectivity index (χ0) is 16.6. The van der Waals surface area contributed by atoms with Crippen LogP contribution in [0.15, 0.2) is 54.2 Å². The van der Waals surface area contributed by atoms with Gasteiger partial charge in [-0.05, 0) is 30.7 Å². The van der Waals surface area contributed by atoms with Crippen LogP contribution in [0.4, 0.5) is 15.8 Å². The molecule has 1 aliphatic heterocycles. The minimum absolute atomic E-state index is 0.00215. The van der Waals surface area contributed by atoms with Gasteiger partial charge in [0.25, 0.3) is 11.8 Å². The van der Waals surface area contributed by atoms with E-state index in [-0.39, 0.29) is 16.4 Å². The average molecular weight is 331 g/mol. The quantitative estimate of drug-likeness (QED) is 0.874. The lowest BCUT2D eigenvalue weighted by molar-refractivity contribution is -0.120. The molecule has 0 aliphatic carbocycles. The van der Waals surface area contributed by atoms with E-state index in [0.29, 0.717) is 11.3 Å². The Bertz CT molecular complexity index is 834. The van der Waals surface area contributed by atoms with E-state index in [1.807, 2.05) is 0 Å². The Balaban J connectivity index is 1.89. The molecule has 6 heteroatoms. The first-order chi connectivity index (χ1) is 11.0. The van der Waals surface area contributed by atoms with E-state index >= 15 is 0 Å². The molecule has 0 fully saturated rings. The van der Waals surface area contributed by atoms with Crippen molar-refractivity contribution in [3.05, 3.63) is 70.6 Å². The molecule has 0 atom stereocenters. The Hall–Kier alpha value is -2.66. The predicted octanol–water partition coefficient (Wildman–Crippen LogP) is 3.66. The van der Waals surface area contributed by atoms with Gasteiger partial charge in [0.1, 0.15) is 5.70 Å². The van der Waals surface area contributed by atoms with E-state index in [0.717, 1.165) is 11.0 Å². The first-order valence-electron chi connectivity index (χ1n) is 6.86. The normalized spacial score (nSPS) is 14.2. The summed E-state index contributed by atoms with van der Waals surface area (Å²) in [5, 5.41) is 2.63. The molecule has 0 unspecified atom stereocenters. The smallest absolute Gasteiger partial charge is 0.281 e. The number of carbonyl (C=O) groups excluding carboxylic acids is 2. The number of benzene rings is 2. The van der Waals surface area contributed by atoms with E-state index in [9.17, 15) is 14.0 Å². The molecule has 2 aromatic rings. The van der Waals surface area contributed by atoms with Crippen LogP contribution < -0.4 is 10.2 Å². The highest BCUT2D eigenvalue weighted by Gasteiger charge is 2.32. The van der Waals surface area contributed by atoms with Crippen molar-refractivity contribution < 1.29 is 14.0 Å². The summed E-state index contributed by atoms with van der Waals surface area (Å²) >= 11 is 5.86. The molecule has 116 valence electrons. The number of nitrogens with one attached hydrogen (secondary N) is 1. The van der Waals surface area contributed by atoms with Gasteiger partial charge in [-0.25, -0.2) is 9.29 Å².